The third-order valence-electron chi connectivity index (χ3n) is 4.02. The lowest BCUT2D eigenvalue weighted by Crippen LogP contribution is -1.85. The van der Waals surface area contributed by atoms with Crippen molar-refractivity contribution in [2.75, 3.05) is 0 Å². The van der Waals surface area contributed by atoms with Crippen molar-refractivity contribution in [1.82, 2.24) is 0 Å². The van der Waals surface area contributed by atoms with Crippen molar-refractivity contribution in [2.24, 2.45) is 0 Å². The zero-order valence-corrected chi connectivity index (χ0v) is 11.1. The zero-order chi connectivity index (χ0) is 13.5. The van der Waals surface area contributed by atoms with Crippen molar-refractivity contribution >= 4 is 38.4 Å². The first kappa shape index (κ1) is 11.2. The van der Waals surface area contributed by atoms with E-state index in [4.69, 9.17) is 0 Å². The van der Waals surface area contributed by atoms with Crippen molar-refractivity contribution in [2.45, 2.75) is 0 Å². The summed E-state index contributed by atoms with van der Waals surface area (Å²) in [6, 6.07) is 23.7. The van der Waals surface area contributed by atoms with Gasteiger partial charge in [-0.1, -0.05) is 79.4 Å². The van der Waals surface area contributed by atoms with E-state index < -0.39 is 0 Å². The van der Waals surface area contributed by atoms with Gasteiger partial charge < -0.3 is 0 Å². The van der Waals surface area contributed by atoms with E-state index >= 15 is 0 Å². The highest BCUT2D eigenvalue weighted by Crippen LogP contribution is 2.36. The third kappa shape index (κ3) is 1.42. The highest BCUT2D eigenvalue weighted by Gasteiger charge is 2.09. The molecule has 4 rings (SSSR count). The van der Waals surface area contributed by atoms with Gasteiger partial charge in [0.1, 0.15) is 0 Å². The molecule has 0 heteroatoms. The van der Waals surface area contributed by atoms with E-state index in [1.165, 1.54) is 37.9 Å². The van der Waals surface area contributed by atoms with E-state index in [0.29, 0.717) is 0 Å². The second kappa shape index (κ2) is 4.21. The minimum atomic E-state index is 1.20. The van der Waals surface area contributed by atoms with Gasteiger partial charge in [0, 0.05) is 0 Å². The first-order chi connectivity index (χ1) is 9.90. The lowest BCUT2D eigenvalue weighted by molar-refractivity contribution is 1.75. The Morgan fingerprint density at radius 2 is 1.00 bits per heavy atom. The Morgan fingerprint density at radius 1 is 0.550 bits per heavy atom. The number of rotatable bonds is 1. The summed E-state index contributed by atoms with van der Waals surface area (Å²) in [4.78, 5) is 0. The molecule has 0 aliphatic carbocycles. The van der Waals surface area contributed by atoms with Gasteiger partial charge in [0.05, 0.1) is 0 Å². The Labute approximate surface area is 118 Å². The van der Waals surface area contributed by atoms with Gasteiger partial charge in [0.25, 0.3) is 0 Å². The van der Waals surface area contributed by atoms with Crippen LogP contribution in [0.15, 0.2) is 73.3 Å². The Morgan fingerprint density at radius 3 is 1.55 bits per heavy atom. The van der Waals surface area contributed by atoms with Crippen LogP contribution < -0.4 is 0 Å². The van der Waals surface area contributed by atoms with Crippen LogP contribution >= 0.6 is 0 Å². The fourth-order valence-electron chi connectivity index (χ4n) is 3.15. The van der Waals surface area contributed by atoms with Gasteiger partial charge in [0.15, 0.2) is 0 Å². The van der Waals surface area contributed by atoms with Gasteiger partial charge in [-0.15, -0.1) is 0 Å². The third-order valence-corrected chi connectivity index (χ3v) is 4.02. The van der Waals surface area contributed by atoms with Crippen LogP contribution in [-0.4, -0.2) is 0 Å². The van der Waals surface area contributed by atoms with E-state index in [-0.39, 0.29) is 0 Å². The van der Waals surface area contributed by atoms with Crippen LogP contribution in [0.2, 0.25) is 0 Å². The molecule has 0 heterocycles. The van der Waals surface area contributed by atoms with E-state index in [0.717, 1.165) is 0 Å². The van der Waals surface area contributed by atoms with Crippen molar-refractivity contribution < 1.29 is 0 Å². The minimum Gasteiger partial charge on any atom is -0.0984 e. The van der Waals surface area contributed by atoms with Crippen molar-refractivity contribution in [3.8, 4) is 0 Å². The average molecular weight is 254 g/mol. The summed E-state index contributed by atoms with van der Waals surface area (Å²) in [5.74, 6) is 0. The average Bonchev–Trinajstić information content (AvgIpc) is 2.54. The van der Waals surface area contributed by atoms with Crippen LogP contribution in [-0.2, 0) is 0 Å². The minimum absolute atomic E-state index is 1.20. The van der Waals surface area contributed by atoms with Crippen LogP contribution in [0.3, 0.4) is 0 Å². The molecule has 20 heavy (non-hydrogen) atoms. The molecule has 0 radical (unpaired) electrons. The maximum atomic E-state index is 3.97. The Hall–Kier alpha value is -2.60. The van der Waals surface area contributed by atoms with Crippen LogP contribution in [0.5, 0.6) is 0 Å². The normalized spacial score (nSPS) is 11.2. The molecule has 0 bridgehead atoms. The second-order valence-corrected chi connectivity index (χ2v) is 5.07. The number of fused-ring (bicyclic) bond motifs is 6. The van der Waals surface area contributed by atoms with Crippen LogP contribution in [0.25, 0.3) is 38.4 Å². The Kier molecular flexibility index (Phi) is 2.37. The molecule has 0 aliphatic rings. The molecule has 0 saturated heterocycles. The summed E-state index contributed by atoms with van der Waals surface area (Å²) in [6.07, 6.45) is 1.95. The molecule has 0 atom stereocenters. The molecule has 0 amide bonds. The maximum Gasteiger partial charge on any atom is -0.00266 e. The van der Waals surface area contributed by atoms with E-state index in [2.05, 4.69) is 73.3 Å². The van der Waals surface area contributed by atoms with Crippen LogP contribution in [0.4, 0.5) is 0 Å². The monoisotopic (exact) mass is 254 g/mol. The quantitative estimate of drug-likeness (QED) is 0.377. The predicted octanol–water partition coefficient (Wildman–Crippen LogP) is 5.79. The highest BCUT2D eigenvalue weighted by atomic mass is 14.1. The highest BCUT2D eigenvalue weighted by molar-refractivity contribution is 6.26. The van der Waals surface area contributed by atoms with E-state index in [9.17, 15) is 0 Å². The van der Waals surface area contributed by atoms with Gasteiger partial charge in [-0.2, -0.15) is 0 Å². The topological polar surface area (TPSA) is 0 Å². The summed E-state index contributed by atoms with van der Waals surface area (Å²) in [5, 5.41) is 7.84. The molecule has 4 aromatic carbocycles. The summed E-state index contributed by atoms with van der Waals surface area (Å²) in [5.41, 5.74) is 1.20. The van der Waals surface area contributed by atoms with Crippen molar-refractivity contribution in [3.63, 3.8) is 0 Å². The first-order valence-electron chi connectivity index (χ1n) is 6.85. The van der Waals surface area contributed by atoms with Gasteiger partial charge in [-0.3, -0.25) is 0 Å². The molecule has 0 saturated carbocycles. The molecule has 0 unspecified atom stereocenters. The first-order valence-corrected chi connectivity index (χ1v) is 6.85. The Balaban J connectivity index is 2.46. The van der Waals surface area contributed by atoms with Crippen molar-refractivity contribution in [1.29, 1.82) is 0 Å². The summed E-state index contributed by atoms with van der Waals surface area (Å²) in [6.45, 7) is 3.97. The molecule has 0 aliphatic heterocycles. The molecule has 94 valence electrons. The predicted molar refractivity (Wildman–Crippen MR) is 89.1 cm³/mol. The summed E-state index contributed by atoms with van der Waals surface area (Å²) < 4.78 is 0. The lowest BCUT2D eigenvalue weighted by Gasteiger charge is -2.12. The van der Waals surface area contributed by atoms with E-state index in [1.807, 2.05) is 6.08 Å². The molecular formula is C20H14. The van der Waals surface area contributed by atoms with Crippen molar-refractivity contribution in [3.05, 3.63) is 78.9 Å². The lowest BCUT2D eigenvalue weighted by atomic mass is 9.92. The number of hydrogen-bond acceptors (Lipinski definition) is 0. The van der Waals surface area contributed by atoms with E-state index in [1.54, 1.807) is 0 Å². The van der Waals surface area contributed by atoms with Crippen LogP contribution in [0, 0.1) is 0 Å². The summed E-state index contributed by atoms with van der Waals surface area (Å²) >= 11 is 0. The summed E-state index contributed by atoms with van der Waals surface area (Å²) in [7, 11) is 0. The molecular weight excluding hydrogens is 240 g/mol. The fraction of sp³-hybridized carbons (Fsp3) is 0. The second-order valence-electron chi connectivity index (χ2n) is 5.07. The fourth-order valence-corrected chi connectivity index (χ4v) is 3.15. The van der Waals surface area contributed by atoms with Gasteiger partial charge >= 0.3 is 0 Å². The largest absolute Gasteiger partial charge is 0.0984 e. The van der Waals surface area contributed by atoms with Gasteiger partial charge in [0.2, 0.25) is 0 Å². The SMILES string of the molecule is C=Cc1cccc2c3ccccc3c3ccccc3c12. The number of benzene rings is 4. The van der Waals surface area contributed by atoms with Crippen LogP contribution in [0.1, 0.15) is 5.56 Å². The molecule has 0 N–H and O–H groups in total. The maximum absolute atomic E-state index is 3.97. The molecule has 4 aromatic rings. The molecule has 0 aromatic heterocycles. The van der Waals surface area contributed by atoms with Gasteiger partial charge in [-0.05, 0) is 37.9 Å². The molecule has 0 nitrogen and oxygen atoms in total. The number of hydrogen-bond donors (Lipinski definition) is 0. The zero-order valence-electron chi connectivity index (χ0n) is 11.1. The standard InChI is InChI=1S/C20H14/c1-2-14-8-7-13-19-17-10-4-3-9-15(17)16-11-5-6-12-18(16)20(14)19/h2-13H,1H2. The molecule has 0 fully saturated rings. The van der Waals surface area contributed by atoms with Gasteiger partial charge in [-0.25, -0.2) is 0 Å². The Bertz CT molecular complexity index is 916. The molecule has 0 spiro atoms. The smallest absolute Gasteiger partial charge is 0.00266 e.